The van der Waals surface area contributed by atoms with Gasteiger partial charge in [0.15, 0.2) is 16.4 Å². The zero-order valence-electron chi connectivity index (χ0n) is 15.8. The number of carbonyl (C=O) groups excluding carboxylic acids is 2. The van der Waals surface area contributed by atoms with E-state index >= 15 is 0 Å². The van der Waals surface area contributed by atoms with Gasteiger partial charge in [-0.1, -0.05) is 24.6 Å². The Hall–Kier alpha value is -1.89. The Bertz CT molecular complexity index is 787. The van der Waals surface area contributed by atoms with E-state index in [1.807, 2.05) is 39.8 Å². The first-order valence-corrected chi connectivity index (χ1v) is 10.7. The van der Waals surface area contributed by atoms with Crippen LogP contribution in [-0.4, -0.2) is 55.4 Å². The molecular weight excluding hydrogens is 354 g/mol. The van der Waals surface area contributed by atoms with Crippen molar-refractivity contribution in [3.8, 4) is 0 Å². The smallest absolute Gasteiger partial charge is 0.338 e. The summed E-state index contributed by atoms with van der Waals surface area (Å²) in [7, 11) is -3.10. The minimum Gasteiger partial charge on any atom is -0.452 e. The lowest BCUT2D eigenvalue weighted by molar-refractivity contribution is -0.138. The average molecular weight is 381 g/mol. The van der Waals surface area contributed by atoms with Crippen LogP contribution >= 0.6 is 0 Å². The van der Waals surface area contributed by atoms with Gasteiger partial charge in [0.25, 0.3) is 5.91 Å². The second kappa shape index (κ2) is 8.20. The summed E-state index contributed by atoms with van der Waals surface area (Å²) in [5.74, 6) is -0.813. The van der Waals surface area contributed by atoms with Crippen LogP contribution in [0.15, 0.2) is 18.2 Å². The van der Waals surface area contributed by atoms with Crippen LogP contribution in [-0.2, 0) is 19.4 Å². The molecule has 0 unspecified atom stereocenters. The molecule has 6 nitrogen and oxygen atoms in total. The number of sulfone groups is 1. The van der Waals surface area contributed by atoms with Crippen LogP contribution in [0.2, 0.25) is 0 Å². The Kier molecular flexibility index (Phi) is 6.44. The predicted molar refractivity (Wildman–Crippen MR) is 99.9 cm³/mol. The van der Waals surface area contributed by atoms with Crippen molar-refractivity contribution in [2.24, 2.45) is 0 Å². The van der Waals surface area contributed by atoms with Gasteiger partial charge in [0.2, 0.25) is 0 Å². The molecule has 2 rings (SSSR count). The van der Waals surface area contributed by atoms with Crippen molar-refractivity contribution in [1.82, 2.24) is 4.90 Å². The average Bonchev–Trinajstić information content (AvgIpc) is 2.92. The first kappa shape index (κ1) is 20.4. The van der Waals surface area contributed by atoms with E-state index in [1.165, 1.54) is 0 Å². The molecule has 7 heteroatoms. The Morgan fingerprint density at radius 2 is 2.00 bits per heavy atom. The van der Waals surface area contributed by atoms with Gasteiger partial charge in [0, 0.05) is 12.1 Å². The van der Waals surface area contributed by atoms with Crippen molar-refractivity contribution in [3.63, 3.8) is 0 Å². The molecule has 1 heterocycles. The summed E-state index contributed by atoms with van der Waals surface area (Å²) in [6, 6.07) is 4.93. The fourth-order valence-corrected chi connectivity index (χ4v) is 5.03. The molecule has 0 aliphatic carbocycles. The molecule has 2 atom stereocenters. The Labute approximate surface area is 155 Å². The zero-order valence-corrected chi connectivity index (χ0v) is 16.6. The molecule has 0 N–H and O–H groups in total. The van der Waals surface area contributed by atoms with Gasteiger partial charge in [0.05, 0.1) is 17.1 Å². The number of aryl methyl sites for hydroxylation is 2. The van der Waals surface area contributed by atoms with E-state index in [2.05, 4.69) is 0 Å². The third-order valence-corrected chi connectivity index (χ3v) is 6.63. The fraction of sp³-hybridized carbons (Fsp3) is 0.579. The number of benzene rings is 1. The number of amides is 1. The molecular formula is C19H27NO5S. The van der Waals surface area contributed by atoms with Gasteiger partial charge >= 0.3 is 5.97 Å². The maximum absolute atomic E-state index is 12.7. The van der Waals surface area contributed by atoms with Crippen molar-refractivity contribution in [1.29, 1.82) is 0 Å². The molecule has 1 fully saturated rings. The van der Waals surface area contributed by atoms with E-state index in [-0.39, 0.29) is 36.1 Å². The van der Waals surface area contributed by atoms with Gasteiger partial charge in [0.1, 0.15) is 0 Å². The standard InChI is InChI=1S/C19H27NO5S/c1-5-15(4)20(16-8-9-26(23,24)12-16)18(21)11-25-19(22)17-7-6-13(2)10-14(17)3/h6-7,10,15-16H,5,8-9,11-12H2,1-4H3/t15-,16-/m1/s1. The van der Waals surface area contributed by atoms with Gasteiger partial charge in [-0.05, 0) is 45.2 Å². The largest absolute Gasteiger partial charge is 0.452 e. The topological polar surface area (TPSA) is 80.8 Å². The number of hydrogen-bond donors (Lipinski definition) is 0. The second-order valence-electron chi connectivity index (χ2n) is 7.01. The molecule has 0 aromatic heterocycles. The van der Waals surface area contributed by atoms with Gasteiger partial charge in [-0.25, -0.2) is 13.2 Å². The Morgan fingerprint density at radius 3 is 2.54 bits per heavy atom. The normalized spacial score (nSPS) is 19.8. The van der Waals surface area contributed by atoms with Crippen LogP contribution in [0.1, 0.15) is 48.2 Å². The van der Waals surface area contributed by atoms with Gasteiger partial charge < -0.3 is 9.64 Å². The summed E-state index contributed by atoms with van der Waals surface area (Å²) in [6.45, 7) is 7.20. The number of hydrogen-bond acceptors (Lipinski definition) is 5. The zero-order chi connectivity index (χ0) is 19.5. The van der Waals surface area contributed by atoms with E-state index in [0.29, 0.717) is 18.4 Å². The van der Waals surface area contributed by atoms with Crippen molar-refractivity contribution < 1.29 is 22.7 Å². The third-order valence-electron chi connectivity index (χ3n) is 4.88. The maximum atomic E-state index is 12.7. The molecule has 0 bridgehead atoms. The molecule has 26 heavy (non-hydrogen) atoms. The van der Waals surface area contributed by atoms with Crippen molar-refractivity contribution >= 4 is 21.7 Å². The lowest BCUT2D eigenvalue weighted by Crippen LogP contribution is -2.48. The third kappa shape index (κ3) is 4.84. The number of carbonyl (C=O) groups is 2. The fourth-order valence-electron chi connectivity index (χ4n) is 3.32. The molecule has 1 aliphatic heterocycles. The molecule has 1 aromatic carbocycles. The number of esters is 1. The maximum Gasteiger partial charge on any atom is 0.338 e. The summed E-state index contributed by atoms with van der Waals surface area (Å²) < 4.78 is 28.8. The number of nitrogens with zero attached hydrogens (tertiary/aromatic N) is 1. The van der Waals surface area contributed by atoms with E-state index in [0.717, 1.165) is 11.1 Å². The predicted octanol–water partition coefficient (Wildman–Crippen LogP) is 2.27. The number of ether oxygens (including phenoxy) is 1. The molecule has 1 aliphatic rings. The van der Waals surface area contributed by atoms with E-state index in [9.17, 15) is 18.0 Å². The second-order valence-corrected chi connectivity index (χ2v) is 9.24. The summed E-state index contributed by atoms with van der Waals surface area (Å²) in [5.41, 5.74) is 2.27. The van der Waals surface area contributed by atoms with Gasteiger partial charge in [-0.3, -0.25) is 4.79 Å². The summed E-state index contributed by atoms with van der Waals surface area (Å²) in [4.78, 5) is 26.5. The van der Waals surface area contributed by atoms with E-state index in [4.69, 9.17) is 4.74 Å². The van der Waals surface area contributed by atoms with Crippen LogP contribution in [0.25, 0.3) is 0 Å². The highest BCUT2D eigenvalue weighted by molar-refractivity contribution is 7.91. The molecule has 0 radical (unpaired) electrons. The minimum atomic E-state index is -3.10. The highest BCUT2D eigenvalue weighted by Gasteiger charge is 2.36. The van der Waals surface area contributed by atoms with Crippen LogP contribution in [0.5, 0.6) is 0 Å². The quantitative estimate of drug-likeness (QED) is 0.706. The molecule has 1 amide bonds. The summed E-state index contributed by atoms with van der Waals surface area (Å²) >= 11 is 0. The lowest BCUT2D eigenvalue weighted by Gasteiger charge is -2.33. The van der Waals surface area contributed by atoms with Crippen molar-refractivity contribution in [3.05, 3.63) is 34.9 Å². The highest BCUT2D eigenvalue weighted by Crippen LogP contribution is 2.21. The number of rotatable bonds is 6. The van der Waals surface area contributed by atoms with Crippen molar-refractivity contribution in [2.75, 3.05) is 18.1 Å². The molecule has 1 aromatic rings. The van der Waals surface area contributed by atoms with E-state index in [1.54, 1.807) is 11.0 Å². The summed E-state index contributed by atoms with van der Waals surface area (Å²) in [6.07, 6.45) is 1.14. The minimum absolute atomic E-state index is 0.0197. The van der Waals surface area contributed by atoms with Crippen LogP contribution in [0.4, 0.5) is 0 Å². The van der Waals surface area contributed by atoms with E-state index < -0.39 is 15.8 Å². The Morgan fingerprint density at radius 1 is 1.31 bits per heavy atom. The van der Waals surface area contributed by atoms with Crippen LogP contribution in [0.3, 0.4) is 0 Å². The monoisotopic (exact) mass is 381 g/mol. The summed E-state index contributed by atoms with van der Waals surface area (Å²) in [5, 5.41) is 0. The molecule has 0 spiro atoms. The van der Waals surface area contributed by atoms with Crippen LogP contribution < -0.4 is 0 Å². The first-order valence-electron chi connectivity index (χ1n) is 8.90. The van der Waals surface area contributed by atoms with Crippen molar-refractivity contribution in [2.45, 2.75) is 52.6 Å². The molecule has 0 saturated carbocycles. The van der Waals surface area contributed by atoms with Crippen LogP contribution in [0, 0.1) is 13.8 Å². The first-order chi connectivity index (χ1) is 12.1. The van der Waals surface area contributed by atoms with Gasteiger partial charge in [-0.15, -0.1) is 0 Å². The molecule has 144 valence electrons. The SMILES string of the molecule is CC[C@@H](C)N(C(=O)COC(=O)c1ccc(C)cc1C)[C@@H]1CCS(=O)(=O)C1. The lowest BCUT2D eigenvalue weighted by atomic mass is 10.1. The Balaban J connectivity index is 2.06. The van der Waals surface area contributed by atoms with Gasteiger partial charge in [-0.2, -0.15) is 0 Å². The highest BCUT2D eigenvalue weighted by atomic mass is 32.2. The molecule has 1 saturated heterocycles.